The van der Waals surface area contributed by atoms with Crippen molar-refractivity contribution in [2.45, 2.75) is 25.3 Å². The van der Waals surface area contributed by atoms with E-state index >= 15 is 0 Å². The summed E-state index contributed by atoms with van der Waals surface area (Å²) in [5, 5.41) is 6.16. The van der Waals surface area contributed by atoms with Gasteiger partial charge in [0.25, 0.3) is 0 Å². The van der Waals surface area contributed by atoms with Gasteiger partial charge in [0.1, 0.15) is 0 Å². The number of nitrogens with one attached hydrogen (secondary N) is 2. The molecule has 1 amide bonds. The fourth-order valence-electron chi connectivity index (χ4n) is 1.97. The van der Waals surface area contributed by atoms with Crippen molar-refractivity contribution in [2.75, 3.05) is 46.9 Å². The molecule has 100 valence electrons. The van der Waals surface area contributed by atoms with Crippen LogP contribution in [0.15, 0.2) is 0 Å². The van der Waals surface area contributed by atoms with Gasteiger partial charge in [-0.2, -0.15) is 0 Å². The molecular formula is C12H25N3O2. The summed E-state index contributed by atoms with van der Waals surface area (Å²) in [4.78, 5) is 13.8. The van der Waals surface area contributed by atoms with Crippen LogP contribution in [0, 0.1) is 0 Å². The number of nitrogens with zero attached hydrogens (tertiary/aromatic N) is 1. The maximum Gasteiger partial charge on any atom is 0.234 e. The van der Waals surface area contributed by atoms with Crippen LogP contribution >= 0.6 is 0 Å². The number of ether oxygens (including phenoxy) is 1. The molecule has 1 heterocycles. The minimum absolute atomic E-state index is 0.129. The number of hydrogen-bond donors (Lipinski definition) is 2. The minimum atomic E-state index is 0.129. The number of carbonyl (C=O) groups is 1. The zero-order valence-corrected chi connectivity index (χ0v) is 11.0. The number of rotatable bonds is 7. The monoisotopic (exact) mass is 243 g/mol. The van der Waals surface area contributed by atoms with E-state index in [1.807, 2.05) is 14.1 Å². The summed E-state index contributed by atoms with van der Waals surface area (Å²) in [5.74, 6) is 0.129. The summed E-state index contributed by atoms with van der Waals surface area (Å²) in [6.45, 7) is 3.96. The zero-order chi connectivity index (χ0) is 12.5. The van der Waals surface area contributed by atoms with Gasteiger partial charge in [-0.25, -0.2) is 0 Å². The third kappa shape index (κ3) is 6.61. The molecule has 0 aromatic carbocycles. The molecule has 1 saturated heterocycles. The summed E-state index contributed by atoms with van der Waals surface area (Å²) < 4.78 is 5.26. The van der Waals surface area contributed by atoms with Crippen molar-refractivity contribution in [3.8, 4) is 0 Å². The predicted octanol–water partition coefficient (Wildman–Crippen LogP) is -0.177. The molecule has 0 aromatic rings. The van der Waals surface area contributed by atoms with Crippen LogP contribution in [0.4, 0.5) is 0 Å². The van der Waals surface area contributed by atoms with E-state index in [0.717, 1.165) is 45.6 Å². The molecule has 0 unspecified atom stereocenters. The second kappa shape index (κ2) is 8.44. The van der Waals surface area contributed by atoms with Crippen LogP contribution in [-0.4, -0.2) is 63.8 Å². The summed E-state index contributed by atoms with van der Waals surface area (Å²) >= 11 is 0. The van der Waals surface area contributed by atoms with Gasteiger partial charge in [0, 0.05) is 19.3 Å². The van der Waals surface area contributed by atoms with Crippen LogP contribution in [0.1, 0.15) is 19.3 Å². The van der Waals surface area contributed by atoms with E-state index in [9.17, 15) is 4.79 Å². The molecule has 0 aromatic heterocycles. The lowest BCUT2D eigenvalue weighted by atomic mass is 10.1. The fourth-order valence-corrected chi connectivity index (χ4v) is 1.97. The van der Waals surface area contributed by atoms with Crippen molar-refractivity contribution in [1.29, 1.82) is 0 Å². The van der Waals surface area contributed by atoms with Gasteiger partial charge < -0.3 is 15.4 Å². The Bertz CT molecular complexity index is 218. The van der Waals surface area contributed by atoms with E-state index in [1.165, 1.54) is 0 Å². The number of hydrogen-bond acceptors (Lipinski definition) is 4. The molecule has 0 radical (unpaired) electrons. The molecule has 0 atom stereocenters. The second-order valence-corrected chi connectivity index (χ2v) is 4.65. The van der Waals surface area contributed by atoms with E-state index in [2.05, 4.69) is 15.5 Å². The average molecular weight is 243 g/mol. The Balaban J connectivity index is 2.10. The van der Waals surface area contributed by atoms with Crippen LogP contribution in [0.25, 0.3) is 0 Å². The minimum Gasteiger partial charge on any atom is -0.381 e. The van der Waals surface area contributed by atoms with Crippen molar-refractivity contribution in [3.63, 3.8) is 0 Å². The Morgan fingerprint density at radius 1 is 1.41 bits per heavy atom. The Kier molecular flexibility index (Phi) is 7.16. The van der Waals surface area contributed by atoms with Gasteiger partial charge in [-0.15, -0.1) is 0 Å². The van der Waals surface area contributed by atoms with Gasteiger partial charge in [0.05, 0.1) is 6.54 Å². The molecule has 1 aliphatic heterocycles. The van der Waals surface area contributed by atoms with Gasteiger partial charge >= 0.3 is 0 Å². The lowest BCUT2D eigenvalue weighted by molar-refractivity contribution is -0.123. The fraction of sp³-hybridized carbons (Fsp3) is 0.917. The smallest absolute Gasteiger partial charge is 0.234 e. The van der Waals surface area contributed by atoms with Crippen molar-refractivity contribution in [2.24, 2.45) is 0 Å². The van der Waals surface area contributed by atoms with E-state index < -0.39 is 0 Å². The first-order valence-electron chi connectivity index (χ1n) is 6.42. The van der Waals surface area contributed by atoms with Crippen molar-refractivity contribution < 1.29 is 9.53 Å². The molecule has 0 aliphatic carbocycles. The highest BCUT2D eigenvalue weighted by Gasteiger charge is 2.16. The van der Waals surface area contributed by atoms with E-state index in [4.69, 9.17) is 4.74 Å². The highest BCUT2D eigenvalue weighted by atomic mass is 16.5. The lowest BCUT2D eigenvalue weighted by Gasteiger charge is -2.24. The largest absolute Gasteiger partial charge is 0.381 e. The van der Waals surface area contributed by atoms with Gasteiger partial charge in [0.2, 0.25) is 5.91 Å². The van der Waals surface area contributed by atoms with Crippen LogP contribution < -0.4 is 10.6 Å². The topological polar surface area (TPSA) is 53.6 Å². The quantitative estimate of drug-likeness (QED) is 0.609. The molecule has 1 fully saturated rings. The molecular weight excluding hydrogens is 218 g/mol. The number of amides is 1. The summed E-state index contributed by atoms with van der Waals surface area (Å²) in [5.41, 5.74) is 0. The van der Waals surface area contributed by atoms with Gasteiger partial charge in [0.15, 0.2) is 0 Å². The Hall–Kier alpha value is -0.650. The maximum atomic E-state index is 11.7. The summed E-state index contributed by atoms with van der Waals surface area (Å²) in [6, 6.07) is 0.307. The molecule has 0 bridgehead atoms. The van der Waals surface area contributed by atoms with Gasteiger partial charge in [-0.1, -0.05) is 0 Å². The molecule has 2 N–H and O–H groups in total. The van der Waals surface area contributed by atoms with E-state index in [1.54, 1.807) is 0 Å². The maximum absolute atomic E-state index is 11.7. The lowest BCUT2D eigenvalue weighted by Crippen LogP contribution is -2.43. The molecule has 1 rings (SSSR count). The van der Waals surface area contributed by atoms with E-state index in [-0.39, 0.29) is 5.91 Å². The van der Waals surface area contributed by atoms with Crippen LogP contribution in [0.3, 0.4) is 0 Å². The molecule has 0 saturated carbocycles. The standard InChI is InChI=1S/C12H25N3O2/c1-13-6-3-7-15(2)10-12(16)14-11-4-8-17-9-5-11/h11,13H,3-10H2,1-2H3,(H,14,16). The second-order valence-electron chi connectivity index (χ2n) is 4.65. The first-order valence-corrected chi connectivity index (χ1v) is 6.42. The third-order valence-electron chi connectivity index (χ3n) is 2.97. The molecule has 5 nitrogen and oxygen atoms in total. The SMILES string of the molecule is CNCCCN(C)CC(=O)NC1CCOCC1. The summed E-state index contributed by atoms with van der Waals surface area (Å²) in [7, 11) is 3.93. The Morgan fingerprint density at radius 3 is 2.76 bits per heavy atom. The molecule has 1 aliphatic rings. The highest BCUT2D eigenvalue weighted by Crippen LogP contribution is 2.05. The first-order chi connectivity index (χ1) is 8.22. The average Bonchev–Trinajstić information content (AvgIpc) is 2.30. The zero-order valence-electron chi connectivity index (χ0n) is 11.0. The van der Waals surface area contributed by atoms with Crippen LogP contribution in [0.5, 0.6) is 0 Å². The van der Waals surface area contributed by atoms with Crippen molar-refractivity contribution in [3.05, 3.63) is 0 Å². The van der Waals surface area contributed by atoms with E-state index in [0.29, 0.717) is 12.6 Å². The highest BCUT2D eigenvalue weighted by molar-refractivity contribution is 5.78. The normalized spacial score (nSPS) is 17.4. The molecule has 5 heteroatoms. The Labute approximate surface area is 104 Å². The number of likely N-dealkylation sites (N-methyl/N-ethyl adjacent to an activating group) is 1. The van der Waals surface area contributed by atoms with Gasteiger partial charge in [-0.3, -0.25) is 9.69 Å². The first kappa shape index (κ1) is 14.4. The predicted molar refractivity (Wildman–Crippen MR) is 68.0 cm³/mol. The molecule has 0 spiro atoms. The number of carbonyl (C=O) groups excluding carboxylic acids is 1. The van der Waals surface area contributed by atoms with Crippen molar-refractivity contribution in [1.82, 2.24) is 15.5 Å². The van der Waals surface area contributed by atoms with Crippen LogP contribution in [0.2, 0.25) is 0 Å². The molecule has 17 heavy (non-hydrogen) atoms. The summed E-state index contributed by atoms with van der Waals surface area (Å²) in [6.07, 6.45) is 2.95. The van der Waals surface area contributed by atoms with Crippen LogP contribution in [-0.2, 0) is 9.53 Å². The van der Waals surface area contributed by atoms with Crippen molar-refractivity contribution >= 4 is 5.91 Å². The van der Waals surface area contributed by atoms with Gasteiger partial charge in [-0.05, 0) is 46.4 Å². The third-order valence-corrected chi connectivity index (χ3v) is 2.97. The Morgan fingerprint density at radius 2 is 2.12 bits per heavy atom.